The fourth-order valence-corrected chi connectivity index (χ4v) is 1.18. The number of nitrogens with one attached hydrogen (secondary N) is 1. The van der Waals surface area contributed by atoms with Crippen molar-refractivity contribution < 1.29 is 4.79 Å². The lowest BCUT2D eigenvalue weighted by molar-refractivity contribution is -0.122. The summed E-state index contributed by atoms with van der Waals surface area (Å²) in [5.74, 6) is -0.00712. The first kappa shape index (κ1) is 12.5. The fourth-order valence-electron chi connectivity index (χ4n) is 1.18. The first-order valence-electron chi connectivity index (χ1n) is 5.39. The van der Waals surface area contributed by atoms with Crippen molar-refractivity contribution in [3.8, 4) is 0 Å². The van der Waals surface area contributed by atoms with E-state index in [2.05, 4.69) is 5.32 Å². The highest BCUT2D eigenvalue weighted by molar-refractivity contribution is 5.83. The third-order valence-corrected chi connectivity index (χ3v) is 2.32. The zero-order valence-electron chi connectivity index (χ0n) is 9.68. The molecule has 0 radical (unpaired) electrons. The molecular weight excluding hydrogens is 200 g/mol. The molecule has 0 saturated carbocycles. The molecule has 0 unspecified atom stereocenters. The summed E-state index contributed by atoms with van der Waals surface area (Å²) in [7, 11) is 0. The first-order valence-corrected chi connectivity index (χ1v) is 5.39. The highest BCUT2D eigenvalue weighted by Crippen LogP contribution is 2.01. The van der Waals surface area contributed by atoms with Crippen LogP contribution in [0.25, 0.3) is 6.08 Å². The molecule has 0 fully saturated rings. The summed E-state index contributed by atoms with van der Waals surface area (Å²) >= 11 is 0. The molecule has 0 heterocycles. The molecule has 1 aromatic carbocycles. The quantitative estimate of drug-likeness (QED) is 0.809. The van der Waals surface area contributed by atoms with Gasteiger partial charge in [0.2, 0.25) is 5.91 Å². The van der Waals surface area contributed by atoms with E-state index >= 15 is 0 Å². The fraction of sp³-hybridized carbons (Fsp3) is 0.308. The Morgan fingerprint density at radius 3 is 2.50 bits per heavy atom. The molecule has 0 bridgehead atoms. The van der Waals surface area contributed by atoms with E-state index in [0.717, 1.165) is 5.56 Å². The lowest BCUT2D eigenvalue weighted by Crippen LogP contribution is -2.41. The number of carbonyl (C=O) groups is 1. The number of hydrogen-bond donors (Lipinski definition) is 2. The van der Waals surface area contributed by atoms with Crippen LogP contribution in [0.2, 0.25) is 0 Å². The van der Waals surface area contributed by atoms with Gasteiger partial charge in [0.15, 0.2) is 0 Å². The van der Waals surface area contributed by atoms with Gasteiger partial charge in [0.05, 0.1) is 6.04 Å². The smallest absolute Gasteiger partial charge is 0.241 e. The van der Waals surface area contributed by atoms with Crippen LogP contribution in [0.15, 0.2) is 36.5 Å². The Labute approximate surface area is 96.3 Å². The van der Waals surface area contributed by atoms with E-state index < -0.39 is 6.04 Å². The van der Waals surface area contributed by atoms with Gasteiger partial charge in [0, 0.05) is 6.20 Å². The second-order valence-corrected chi connectivity index (χ2v) is 4.02. The Balaban J connectivity index is 2.46. The van der Waals surface area contributed by atoms with Crippen molar-refractivity contribution in [1.29, 1.82) is 0 Å². The van der Waals surface area contributed by atoms with Crippen molar-refractivity contribution in [1.82, 2.24) is 5.32 Å². The van der Waals surface area contributed by atoms with Crippen LogP contribution in [0.5, 0.6) is 0 Å². The molecule has 3 nitrogen and oxygen atoms in total. The number of nitrogens with two attached hydrogens (primary N) is 1. The lowest BCUT2D eigenvalue weighted by atomic mass is 10.1. The molecule has 0 aliphatic carbocycles. The maximum atomic E-state index is 11.5. The third kappa shape index (κ3) is 3.87. The summed E-state index contributed by atoms with van der Waals surface area (Å²) in [4.78, 5) is 11.5. The molecule has 1 atom stereocenters. The molecular formula is C13H18N2O. The Morgan fingerprint density at radius 1 is 1.31 bits per heavy atom. The molecule has 16 heavy (non-hydrogen) atoms. The Hall–Kier alpha value is -1.61. The lowest BCUT2D eigenvalue weighted by Gasteiger charge is -2.13. The Bertz CT molecular complexity index is 357. The van der Waals surface area contributed by atoms with Gasteiger partial charge in [-0.05, 0) is 17.6 Å². The van der Waals surface area contributed by atoms with Crippen molar-refractivity contribution in [2.45, 2.75) is 19.9 Å². The van der Waals surface area contributed by atoms with Crippen LogP contribution >= 0.6 is 0 Å². The largest absolute Gasteiger partial charge is 0.331 e. The number of hydrogen-bond acceptors (Lipinski definition) is 2. The van der Waals surface area contributed by atoms with E-state index in [-0.39, 0.29) is 11.8 Å². The number of rotatable bonds is 4. The molecule has 0 aliphatic rings. The van der Waals surface area contributed by atoms with Crippen LogP contribution in [-0.4, -0.2) is 11.9 Å². The second kappa shape index (κ2) is 6.08. The van der Waals surface area contributed by atoms with Gasteiger partial charge in [-0.3, -0.25) is 4.79 Å². The minimum atomic E-state index is -0.458. The summed E-state index contributed by atoms with van der Waals surface area (Å²) < 4.78 is 0. The summed E-state index contributed by atoms with van der Waals surface area (Å²) in [6.07, 6.45) is 3.46. The highest BCUT2D eigenvalue weighted by atomic mass is 16.2. The highest BCUT2D eigenvalue weighted by Gasteiger charge is 2.15. The normalized spacial score (nSPS) is 13.0. The average molecular weight is 218 g/mol. The average Bonchev–Trinajstić information content (AvgIpc) is 2.29. The van der Waals surface area contributed by atoms with Crippen molar-refractivity contribution in [3.63, 3.8) is 0 Å². The molecule has 0 saturated heterocycles. The predicted octanol–water partition coefficient (Wildman–Crippen LogP) is 1.76. The Kier molecular flexibility index (Phi) is 4.73. The van der Waals surface area contributed by atoms with E-state index in [4.69, 9.17) is 5.73 Å². The number of benzene rings is 1. The summed E-state index contributed by atoms with van der Waals surface area (Å²) in [5.41, 5.74) is 6.74. The van der Waals surface area contributed by atoms with Gasteiger partial charge in [-0.1, -0.05) is 44.2 Å². The van der Waals surface area contributed by atoms with Gasteiger partial charge in [0.1, 0.15) is 0 Å². The molecule has 1 amide bonds. The van der Waals surface area contributed by atoms with Crippen LogP contribution in [0.1, 0.15) is 19.4 Å². The van der Waals surface area contributed by atoms with E-state index in [9.17, 15) is 4.79 Å². The van der Waals surface area contributed by atoms with Crippen LogP contribution in [0, 0.1) is 5.92 Å². The van der Waals surface area contributed by atoms with Crippen LogP contribution in [0.4, 0.5) is 0 Å². The minimum Gasteiger partial charge on any atom is -0.331 e. The van der Waals surface area contributed by atoms with Gasteiger partial charge < -0.3 is 11.1 Å². The van der Waals surface area contributed by atoms with Crippen molar-refractivity contribution >= 4 is 12.0 Å². The Morgan fingerprint density at radius 2 is 1.94 bits per heavy atom. The minimum absolute atomic E-state index is 0.144. The third-order valence-electron chi connectivity index (χ3n) is 2.32. The number of carbonyl (C=O) groups excluding carboxylic acids is 1. The monoisotopic (exact) mass is 218 g/mol. The van der Waals surface area contributed by atoms with Gasteiger partial charge in [-0.2, -0.15) is 0 Å². The van der Waals surface area contributed by atoms with Gasteiger partial charge in [-0.15, -0.1) is 0 Å². The maximum Gasteiger partial charge on any atom is 0.241 e. The standard InChI is InChI=1S/C13H18N2O/c1-10(2)12(14)13(16)15-9-8-11-6-4-3-5-7-11/h3-10,12H,14H2,1-2H3,(H,15,16)/b9-8+/t12-/m0/s1. The van der Waals surface area contributed by atoms with Gasteiger partial charge in [-0.25, -0.2) is 0 Å². The van der Waals surface area contributed by atoms with E-state index in [1.807, 2.05) is 50.3 Å². The molecule has 3 heteroatoms. The summed E-state index contributed by atoms with van der Waals surface area (Å²) in [6.45, 7) is 3.84. The van der Waals surface area contributed by atoms with Gasteiger partial charge >= 0.3 is 0 Å². The van der Waals surface area contributed by atoms with Crippen LogP contribution in [0.3, 0.4) is 0 Å². The van der Waals surface area contributed by atoms with Crippen LogP contribution in [-0.2, 0) is 4.79 Å². The van der Waals surface area contributed by atoms with E-state index in [1.165, 1.54) is 0 Å². The molecule has 0 spiro atoms. The molecule has 86 valence electrons. The predicted molar refractivity (Wildman–Crippen MR) is 66.4 cm³/mol. The first-order chi connectivity index (χ1) is 7.61. The maximum absolute atomic E-state index is 11.5. The summed E-state index contributed by atoms with van der Waals surface area (Å²) in [5, 5.41) is 2.67. The zero-order valence-corrected chi connectivity index (χ0v) is 9.68. The van der Waals surface area contributed by atoms with Crippen molar-refractivity contribution in [3.05, 3.63) is 42.1 Å². The molecule has 0 aromatic heterocycles. The number of amides is 1. The van der Waals surface area contributed by atoms with Gasteiger partial charge in [0.25, 0.3) is 0 Å². The SMILES string of the molecule is CC(C)[C@H](N)C(=O)N/C=C/c1ccccc1. The zero-order chi connectivity index (χ0) is 12.0. The molecule has 1 aromatic rings. The van der Waals surface area contributed by atoms with Crippen molar-refractivity contribution in [2.24, 2.45) is 11.7 Å². The summed E-state index contributed by atoms with van der Waals surface area (Å²) in [6, 6.07) is 9.31. The van der Waals surface area contributed by atoms with Crippen molar-refractivity contribution in [2.75, 3.05) is 0 Å². The second-order valence-electron chi connectivity index (χ2n) is 4.02. The van der Waals surface area contributed by atoms with E-state index in [0.29, 0.717) is 0 Å². The molecule has 0 aliphatic heterocycles. The topological polar surface area (TPSA) is 55.1 Å². The molecule has 1 rings (SSSR count). The van der Waals surface area contributed by atoms with Crippen LogP contribution < -0.4 is 11.1 Å². The molecule has 3 N–H and O–H groups in total. The van der Waals surface area contributed by atoms with E-state index in [1.54, 1.807) is 6.20 Å².